The van der Waals surface area contributed by atoms with Crippen molar-refractivity contribution in [3.8, 4) is 0 Å². The fourth-order valence-electron chi connectivity index (χ4n) is 0.861. The van der Waals surface area contributed by atoms with Gasteiger partial charge in [0.1, 0.15) is 0 Å². The molecule has 1 unspecified atom stereocenters. The fraction of sp³-hybridized carbons (Fsp3) is 0.714. The Morgan fingerprint density at radius 1 is 1.82 bits per heavy atom. The quantitative estimate of drug-likeness (QED) is 0.334. The molecular formula is C7H11NO3. The Labute approximate surface area is 65.2 Å². The van der Waals surface area contributed by atoms with Crippen LogP contribution in [-0.4, -0.2) is 25.4 Å². The average Bonchev–Trinajstić information content (AvgIpc) is 2.39. The molecule has 1 heterocycles. The van der Waals surface area contributed by atoms with Gasteiger partial charge in [-0.15, -0.1) is 0 Å². The first-order valence-electron chi connectivity index (χ1n) is 3.58. The molecular weight excluding hydrogens is 146 g/mol. The second kappa shape index (κ2) is 4.08. The van der Waals surface area contributed by atoms with Crippen LogP contribution in [0.5, 0.6) is 0 Å². The van der Waals surface area contributed by atoms with Crippen LogP contribution in [0.1, 0.15) is 13.3 Å². The third-order valence-corrected chi connectivity index (χ3v) is 1.42. The zero-order valence-electron chi connectivity index (χ0n) is 6.45. The molecule has 62 valence electrons. The Balaban J connectivity index is 2.17. The Kier molecular flexibility index (Phi) is 3.04. The van der Waals surface area contributed by atoms with E-state index in [9.17, 15) is 4.79 Å². The van der Waals surface area contributed by atoms with Crippen LogP contribution in [-0.2, 0) is 14.4 Å². The lowest BCUT2D eigenvalue weighted by molar-refractivity contribution is -0.140. The van der Waals surface area contributed by atoms with Crippen LogP contribution in [0.15, 0.2) is 5.16 Å². The number of hydrogen-bond acceptors (Lipinski definition) is 4. The summed E-state index contributed by atoms with van der Waals surface area (Å²) in [5, 5.41) is 3.50. The summed E-state index contributed by atoms with van der Waals surface area (Å²) in [5.74, 6) is -0.0745. The minimum absolute atomic E-state index is 0.314. The van der Waals surface area contributed by atoms with E-state index in [0.717, 1.165) is 13.0 Å². The third kappa shape index (κ3) is 3.13. The summed E-state index contributed by atoms with van der Waals surface area (Å²) >= 11 is 0. The summed E-state index contributed by atoms with van der Waals surface area (Å²) in [6.45, 7) is 2.78. The van der Waals surface area contributed by atoms with E-state index >= 15 is 0 Å². The van der Waals surface area contributed by atoms with Gasteiger partial charge in [-0.3, -0.25) is 0 Å². The van der Waals surface area contributed by atoms with Crippen LogP contribution in [0.2, 0.25) is 0 Å². The van der Waals surface area contributed by atoms with Gasteiger partial charge in [0.15, 0.2) is 0 Å². The maximum Gasteiger partial charge on any atom is 0.331 e. The number of carbonyl (C=O) groups is 1. The molecule has 4 nitrogen and oxygen atoms in total. The van der Waals surface area contributed by atoms with Crippen molar-refractivity contribution in [1.82, 2.24) is 0 Å². The number of carbonyl (C=O) groups excluding carboxylic acids is 1. The van der Waals surface area contributed by atoms with Crippen molar-refractivity contribution in [1.29, 1.82) is 0 Å². The number of nitrogens with zero attached hydrogens (tertiary/aromatic N) is 1. The Hall–Kier alpha value is -0.900. The van der Waals surface area contributed by atoms with Gasteiger partial charge in [-0.2, -0.15) is 0 Å². The summed E-state index contributed by atoms with van der Waals surface area (Å²) in [5.41, 5.74) is 0. The molecule has 0 bridgehead atoms. The van der Waals surface area contributed by atoms with E-state index in [1.165, 1.54) is 6.92 Å². The van der Waals surface area contributed by atoms with Gasteiger partial charge in [0, 0.05) is 25.7 Å². The molecule has 0 aliphatic carbocycles. The van der Waals surface area contributed by atoms with Crippen LogP contribution >= 0.6 is 0 Å². The maximum atomic E-state index is 10.3. The maximum absolute atomic E-state index is 10.3. The highest BCUT2D eigenvalue weighted by Crippen LogP contribution is 2.09. The smallest absolute Gasteiger partial charge is 0.331 e. The summed E-state index contributed by atoms with van der Waals surface area (Å²) < 4.78 is 5.08. The van der Waals surface area contributed by atoms with E-state index < -0.39 is 0 Å². The monoisotopic (exact) mass is 157 g/mol. The van der Waals surface area contributed by atoms with E-state index in [0.29, 0.717) is 12.5 Å². The summed E-state index contributed by atoms with van der Waals surface area (Å²) in [6.07, 6.45) is 2.58. The molecule has 1 aliphatic heterocycles. The fourth-order valence-corrected chi connectivity index (χ4v) is 0.861. The predicted octanol–water partition coefficient (Wildman–Crippen LogP) is 0.572. The van der Waals surface area contributed by atoms with Crippen LogP contribution in [0, 0.1) is 5.92 Å². The van der Waals surface area contributed by atoms with Crippen LogP contribution in [0.3, 0.4) is 0 Å². The molecule has 1 rings (SSSR count). The molecule has 1 aliphatic rings. The standard InChI is InChI=1S/C7H11NO3/c1-6(9)11-8-4-7-2-3-10-5-7/h4,7H,2-3,5H2,1H3/b8-4+. The van der Waals surface area contributed by atoms with E-state index in [1.807, 2.05) is 0 Å². The van der Waals surface area contributed by atoms with Gasteiger partial charge in [0.25, 0.3) is 0 Å². The number of oxime groups is 1. The number of rotatable bonds is 2. The first-order valence-corrected chi connectivity index (χ1v) is 3.58. The van der Waals surface area contributed by atoms with Gasteiger partial charge >= 0.3 is 5.97 Å². The van der Waals surface area contributed by atoms with Gasteiger partial charge in [-0.05, 0) is 6.42 Å². The van der Waals surface area contributed by atoms with Crippen molar-refractivity contribution in [3.05, 3.63) is 0 Å². The molecule has 1 atom stereocenters. The Morgan fingerprint density at radius 2 is 2.64 bits per heavy atom. The van der Waals surface area contributed by atoms with Gasteiger partial charge in [-0.25, -0.2) is 4.79 Å². The normalized spacial score (nSPS) is 24.3. The molecule has 1 saturated heterocycles. The first-order chi connectivity index (χ1) is 5.29. The molecule has 0 radical (unpaired) electrons. The Bertz CT molecular complexity index is 161. The van der Waals surface area contributed by atoms with E-state index in [1.54, 1.807) is 6.21 Å². The second-order valence-electron chi connectivity index (χ2n) is 2.46. The SMILES string of the molecule is CC(=O)O/N=C/C1CCOC1. The summed E-state index contributed by atoms with van der Waals surface area (Å²) in [7, 11) is 0. The molecule has 0 aromatic carbocycles. The lowest BCUT2D eigenvalue weighted by atomic mass is 10.1. The average molecular weight is 157 g/mol. The zero-order chi connectivity index (χ0) is 8.10. The minimum atomic E-state index is -0.389. The highest BCUT2D eigenvalue weighted by Gasteiger charge is 2.12. The highest BCUT2D eigenvalue weighted by atomic mass is 16.7. The van der Waals surface area contributed by atoms with Gasteiger partial charge < -0.3 is 9.57 Å². The van der Waals surface area contributed by atoms with Crippen molar-refractivity contribution in [2.24, 2.45) is 11.1 Å². The molecule has 11 heavy (non-hydrogen) atoms. The van der Waals surface area contributed by atoms with Gasteiger partial charge in [0.05, 0.1) is 6.61 Å². The van der Waals surface area contributed by atoms with Crippen molar-refractivity contribution in [2.75, 3.05) is 13.2 Å². The van der Waals surface area contributed by atoms with E-state index in [2.05, 4.69) is 9.99 Å². The number of ether oxygens (including phenoxy) is 1. The van der Waals surface area contributed by atoms with Gasteiger partial charge in [0.2, 0.25) is 0 Å². The lowest BCUT2D eigenvalue weighted by Gasteiger charge is -1.95. The van der Waals surface area contributed by atoms with Crippen LogP contribution in [0.25, 0.3) is 0 Å². The van der Waals surface area contributed by atoms with Crippen molar-refractivity contribution in [2.45, 2.75) is 13.3 Å². The topological polar surface area (TPSA) is 47.9 Å². The minimum Gasteiger partial charge on any atom is -0.381 e. The molecule has 0 spiro atoms. The van der Waals surface area contributed by atoms with E-state index in [-0.39, 0.29) is 5.97 Å². The summed E-state index contributed by atoms with van der Waals surface area (Å²) in [6, 6.07) is 0. The zero-order valence-corrected chi connectivity index (χ0v) is 6.45. The molecule has 0 aromatic rings. The van der Waals surface area contributed by atoms with Crippen molar-refractivity contribution >= 4 is 12.2 Å². The largest absolute Gasteiger partial charge is 0.381 e. The molecule has 0 N–H and O–H groups in total. The first kappa shape index (κ1) is 8.20. The number of hydrogen-bond donors (Lipinski definition) is 0. The van der Waals surface area contributed by atoms with Crippen molar-refractivity contribution < 1.29 is 14.4 Å². The molecule has 0 saturated carbocycles. The third-order valence-electron chi connectivity index (χ3n) is 1.42. The Morgan fingerprint density at radius 3 is 3.18 bits per heavy atom. The molecule has 0 aromatic heterocycles. The lowest BCUT2D eigenvalue weighted by Crippen LogP contribution is -2.01. The predicted molar refractivity (Wildman–Crippen MR) is 39.2 cm³/mol. The van der Waals surface area contributed by atoms with Gasteiger partial charge in [-0.1, -0.05) is 5.16 Å². The second-order valence-corrected chi connectivity index (χ2v) is 2.46. The van der Waals surface area contributed by atoms with Crippen molar-refractivity contribution in [3.63, 3.8) is 0 Å². The molecule has 4 heteroatoms. The molecule has 0 amide bonds. The summed E-state index contributed by atoms with van der Waals surface area (Å²) in [4.78, 5) is 14.6. The van der Waals surface area contributed by atoms with E-state index in [4.69, 9.17) is 4.74 Å². The van der Waals surface area contributed by atoms with Crippen LogP contribution in [0.4, 0.5) is 0 Å². The highest BCUT2D eigenvalue weighted by molar-refractivity contribution is 5.67. The molecule has 1 fully saturated rings. The van der Waals surface area contributed by atoms with Crippen LogP contribution < -0.4 is 0 Å².